The fourth-order valence-electron chi connectivity index (χ4n) is 1.31. The lowest BCUT2D eigenvalue weighted by molar-refractivity contribution is -0.0328. The van der Waals surface area contributed by atoms with Crippen LogP contribution in [-0.4, -0.2) is 16.7 Å². The number of hydrogen-bond donors (Lipinski definition) is 0. The van der Waals surface area contributed by atoms with Crippen molar-refractivity contribution in [3.05, 3.63) is 29.3 Å². The number of rotatable bonds is 4. The van der Waals surface area contributed by atoms with Crippen molar-refractivity contribution in [3.63, 3.8) is 0 Å². The summed E-state index contributed by atoms with van der Waals surface area (Å²) in [5.74, 6) is -0.379. The molecule has 0 aliphatic heterocycles. The van der Waals surface area contributed by atoms with Gasteiger partial charge in [0.2, 0.25) is 0 Å². The summed E-state index contributed by atoms with van der Waals surface area (Å²) in [6, 6.07) is 4.07. The molecule has 1 aromatic carbocycles. The second-order valence-electron chi connectivity index (χ2n) is 3.48. The second kappa shape index (κ2) is 6.30. The van der Waals surface area contributed by atoms with Crippen LogP contribution < -0.4 is 0 Å². The Bertz CT molecular complexity index is 448. The molecule has 1 rings (SSSR count). The van der Waals surface area contributed by atoms with E-state index in [2.05, 4.69) is 15.9 Å². The minimum Gasteiger partial charge on any atom is -0.293 e. The van der Waals surface area contributed by atoms with Gasteiger partial charge in [0.05, 0.1) is 5.38 Å². The molecule has 0 heterocycles. The summed E-state index contributed by atoms with van der Waals surface area (Å²) in [6.07, 6.45) is 0. The normalized spacial score (nSPS) is 13.4. The monoisotopic (exact) mass is 360 g/mol. The van der Waals surface area contributed by atoms with E-state index < -0.39 is 10.9 Å². The Kier molecular flexibility index (Phi) is 5.55. The molecule has 1 unspecified atom stereocenters. The summed E-state index contributed by atoms with van der Waals surface area (Å²) in [5, 5.41) is -0.386. The van der Waals surface area contributed by atoms with E-state index in [4.69, 9.17) is 11.6 Å². The molecule has 0 saturated carbocycles. The highest BCUT2D eigenvalue weighted by Gasteiger charge is 2.30. The number of Topliss-reactive ketones (excluding diaryl/α,β-unsaturated/α-hetero) is 1. The maximum atomic E-state index is 12.3. The molecule has 0 aliphatic rings. The van der Waals surface area contributed by atoms with Crippen molar-refractivity contribution in [1.82, 2.24) is 0 Å². The van der Waals surface area contributed by atoms with Gasteiger partial charge in [-0.1, -0.05) is 22.0 Å². The molecule has 0 saturated heterocycles. The SMILES string of the molecule is CC(Cl)C(=O)c1cc(SC(F)(F)F)ccc1CBr. The first-order valence-electron chi connectivity index (χ1n) is 4.87. The molecule has 1 nitrogen and oxygen atoms in total. The standard InChI is InChI=1S/C11H9BrClF3OS/c1-6(13)10(17)9-4-8(18-11(14,15)16)3-2-7(9)5-12/h2-4,6H,5H2,1H3. The van der Waals surface area contributed by atoms with E-state index in [-0.39, 0.29) is 28.0 Å². The molecule has 0 aromatic heterocycles. The van der Waals surface area contributed by atoms with Crippen molar-refractivity contribution in [3.8, 4) is 0 Å². The van der Waals surface area contributed by atoms with Crippen molar-refractivity contribution >= 4 is 45.1 Å². The van der Waals surface area contributed by atoms with Crippen LogP contribution in [0.2, 0.25) is 0 Å². The minimum atomic E-state index is -4.37. The van der Waals surface area contributed by atoms with Crippen molar-refractivity contribution in [1.29, 1.82) is 0 Å². The first-order valence-corrected chi connectivity index (χ1v) is 7.25. The van der Waals surface area contributed by atoms with Gasteiger partial charge in [-0.2, -0.15) is 13.2 Å². The van der Waals surface area contributed by atoms with Gasteiger partial charge in [-0.05, 0) is 36.4 Å². The third-order valence-corrected chi connectivity index (χ3v) is 3.61. The van der Waals surface area contributed by atoms with Crippen molar-refractivity contribution in [2.45, 2.75) is 28.0 Å². The largest absolute Gasteiger partial charge is 0.446 e. The Balaban J connectivity index is 3.14. The molecule has 0 bridgehead atoms. The molecule has 0 radical (unpaired) electrons. The van der Waals surface area contributed by atoms with Crippen LogP contribution in [0.5, 0.6) is 0 Å². The van der Waals surface area contributed by atoms with Gasteiger partial charge in [0.1, 0.15) is 0 Å². The summed E-state index contributed by atoms with van der Waals surface area (Å²) in [6.45, 7) is 1.49. The molecule has 0 amide bonds. The number of carbonyl (C=O) groups excluding carboxylic acids is 1. The van der Waals surface area contributed by atoms with Gasteiger partial charge in [0.25, 0.3) is 0 Å². The van der Waals surface area contributed by atoms with Gasteiger partial charge in [-0.3, -0.25) is 4.79 Å². The number of carbonyl (C=O) groups is 1. The summed E-state index contributed by atoms with van der Waals surface area (Å²) in [4.78, 5) is 11.8. The highest BCUT2D eigenvalue weighted by molar-refractivity contribution is 9.08. The summed E-state index contributed by atoms with van der Waals surface area (Å²) < 4.78 is 36.8. The topological polar surface area (TPSA) is 17.1 Å². The number of thioether (sulfide) groups is 1. The Morgan fingerprint density at radius 2 is 2.11 bits per heavy atom. The Morgan fingerprint density at radius 1 is 1.50 bits per heavy atom. The minimum absolute atomic E-state index is 0.0205. The Labute approximate surface area is 120 Å². The van der Waals surface area contributed by atoms with Gasteiger partial charge in [0, 0.05) is 15.8 Å². The van der Waals surface area contributed by atoms with E-state index in [1.807, 2.05) is 0 Å². The quantitative estimate of drug-likeness (QED) is 0.426. The lowest BCUT2D eigenvalue weighted by Crippen LogP contribution is -2.13. The first kappa shape index (κ1) is 15.9. The molecule has 0 N–H and O–H groups in total. The zero-order valence-electron chi connectivity index (χ0n) is 9.22. The van der Waals surface area contributed by atoms with Crippen LogP contribution in [0.25, 0.3) is 0 Å². The number of alkyl halides is 5. The number of hydrogen-bond acceptors (Lipinski definition) is 2. The second-order valence-corrected chi connectivity index (χ2v) is 5.83. The number of ketones is 1. The van der Waals surface area contributed by atoms with Gasteiger partial charge >= 0.3 is 5.51 Å². The highest BCUT2D eigenvalue weighted by atomic mass is 79.9. The maximum absolute atomic E-state index is 12.3. The fraction of sp³-hybridized carbons (Fsp3) is 0.364. The molecule has 0 aliphatic carbocycles. The average Bonchev–Trinajstić information content (AvgIpc) is 2.25. The van der Waals surface area contributed by atoms with Gasteiger partial charge < -0.3 is 0 Å². The van der Waals surface area contributed by atoms with Crippen LogP contribution in [-0.2, 0) is 5.33 Å². The molecule has 18 heavy (non-hydrogen) atoms. The lowest BCUT2D eigenvalue weighted by atomic mass is 10.0. The molecular formula is C11H9BrClF3OS. The molecule has 1 atom stereocenters. The van der Waals surface area contributed by atoms with Gasteiger partial charge in [0.15, 0.2) is 5.78 Å². The van der Waals surface area contributed by atoms with Crippen LogP contribution >= 0.6 is 39.3 Å². The van der Waals surface area contributed by atoms with E-state index in [0.717, 1.165) is 0 Å². The van der Waals surface area contributed by atoms with Crippen LogP contribution in [0.1, 0.15) is 22.8 Å². The van der Waals surface area contributed by atoms with Crippen molar-refractivity contribution in [2.75, 3.05) is 0 Å². The van der Waals surface area contributed by atoms with Crippen LogP contribution in [0.15, 0.2) is 23.1 Å². The van der Waals surface area contributed by atoms with E-state index in [0.29, 0.717) is 10.9 Å². The van der Waals surface area contributed by atoms with E-state index in [1.54, 1.807) is 0 Å². The summed E-state index contributed by atoms with van der Waals surface area (Å²) in [5.41, 5.74) is -3.52. The molecule has 100 valence electrons. The fourth-order valence-corrected chi connectivity index (χ4v) is 2.50. The average molecular weight is 362 g/mol. The lowest BCUT2D eigenvalue weighted by Gasteiger charge is -2.11. The molecule has 0 fully saturated rings. The zero-order chi connectivity index (χ0) is 13.9. The van der Waals surface area contributed by atoms with Crippen LogP contribution in [0.3, 0.4) is 0 Å². The van der Waals surface area contributed by atoms with Crippen molar-refractivity contribution in [2.24, 2.45) is 0 Å². The smallest absolute Gasteiger partial charge is 0.293 e. The predicted octanol–water partition coefficient (Wildman–Crippen LogP) is 5.00. The van der Waals surface area contributed by atoms with E-state index >= 15 is 0 Å². The molecular weight excluding hydrogens is 353 g/mol. The van der Waals surface area contributed by atoms with E-state index in [9.17, 15) is 18.0 Å². The Morgan fingerprint density at radius 3 is 2.56 bits per heavy atom. The van der Waals surface area contributed by atoms with Gasteiger partial charge in [-0.15, -0.1) is 11.6 Å². The highest BCUT2D eigenvalue weighted by Crippen LogP contribution is 2.37. The third-order valence-electron chi connectivity index (χ3n) is 2.09. The van der Waals surface area contributed by atoms with Crippen LogP contribution in [0.4, 0.5) is 13.2 Å². The number of halogens is 5. The molecule has 0 spiro atoms. The maximum Gasteiger partial charge on any atom is 0.446 e. The Hall–Kier alpha value is -0.200. The van der Waals surface area contributed by atoms with E-state index in [1.165, 1.54) is 25.1 Å². The molecule has 1 aromatic rings. The van der Waals surface area contributed by atoms with Crippen molar-refractivity contribution < 1.29 is 18.0 Å². The summed E-state index contributed by atoms with van der Waals surface area (Å²) >= 11 is 8.62. The first-order chi connectivity index (χ1) is 8.24. The third kappa shape index (κ3) is 4.48. The molecule has 7 heteroatoms. The van der Waals surface area contributed by atoms with Gasteiger partial charge in [-0.25, -0.2) is 0 Å². The predicted molar refractivity (Wildman–Crippen MR) is 70.6 cm³/mol. The van der Waals surface area contributed by atoms with Crippen LogP contribution in [0, 0.1) is 0 Å². The number of benzene rings is 1. The zero-order valence-corrected chi connectivity index (χ0v) is 12.4. The summed E-state index contributed by atoms with van der Waals surface area (Å²) in [7, 11) is 0.